The second kappa shape index (κ2) is 5.16. The maximum absolute atomic E-state index is 9.81. The summed E-state index contributed by atoms with van der Waals surface area (Å²) >= 11 is 0. The fourth-order valence-electron chi connectivity index (χ4n) is 1.56. The molecule has 4 N–H and O–H groups in total. The Balaban J connectivity index is 2.43. The summed E-state index contributed by atoms with van der Waals surface area (Å²) in [7, 11) is 0. The number of hydrogen-bond donors (Lipinski definition) is 3. The first-order valence-corrected chi connectivity index (χ1v) is 5.51. The van der Waals surface area contributed by atoms with Gasteiger partial charge in [-0.2, -0.15) is 0 Å². The van der Waals surface area contributed by atoms with Crippen LogP contribution in [0.5, 0.6) is 0 Å². The summed E-state index contributed by atoms with van der Waals surface area (Å²) in [6.45, 7) is 6.78. The molecule has 0 aliphatic heterocycles. The van der Waals surface area contributed by atoms with Crippen molar-refractivity contribution < 1.29 is 5.11 Å². The monoisotopic (exact) mass is 223 g/mol. The predicted octanol–water partition coefficient (Wildman–Crippen LogP) is 1.87. The molecule has 1 rings (SSSR count). The molecule has 0 bridgehead atoms. The summed E-state index contributed by atoms with van der Waals surface area (Å²) in [6.07, 6.45) is 2.03. The molecule has 0 aliphatic rings. The fraction of sp³-hybridized carbons (Fsp3) is 0.583. The van der Waals surface area contributed by atoms with Gasteiger partial charge in [-0.3, -0.25) is 0 Å². The van der Waals surface area contributed by atoms with E-state index in [1.165, 1.54) is 0 Å². The van der Waals surface area contributed by atoms with Crippen molar-refractivity contribution in [3.63, 3.8) is 0 Å². The van der Waals surface area contributed by atoms with Gasteiger partial charge >= 0.3 is 0 Å². The van der Waals surface area contributed by atoms with E-state index in [0.29, 0.717) is 18.1 Å². The lowest BCUT2D eigenvalue weighted by atomic mass is 9.89. The van der Waals surface area contributed by atoms with Crippen LogP contribution in [-0.2, 0) is 0 Å². The Bertz CT molecular complexity index is 333. The predicted molar refractivity (Wildman–Crippen MR) is 67.2 cm³/mol. The molecule has 0 saturated carbocycles. The molecule has 0 spiro atoms. The van der Waals surface area contributed by atoms with Gasteiger partial charge in [0, 0.05) is 12.7 Å². The quantitative estimate of drug-likeness (QED) is 0.728. The third-order valence-corrected chi connectivity index (χ3v) is 2.19. The zero-order valence-electron chi connectivity index (χ0n) is 10.2. The Labute approximate surface area is 96.9 Å². The number of nitrogens with zero attached hydrogens (tertiary/aromatic N) is 1. The highest BCUT2D eigenvalue weighted by molar-refractivity contribution is 5.60. The normalized spacial score (nSPS) is 13.5. The average Bonchev–Trinajstić information content (AvgIpc) is 2.14. The second-order valence-electron chi connectivity index (χ2n) is 5.24. The van der Waals surface area contributed by atoms with Crippen molar-refractivity contribution in [2.75, 3.05) is 17.6 Å². The Kier molecular flexibility index (Phi) is 4.12. The smallest absolute Gasteiger partial charge is 0.149 e. The van der Waals surface area contributed by atoms with Gasteiger partial charge in [-0.25, -0.2) is 4.98 Å². The number of aromatic nitrogens is 1. The molecule has 0 saturated heterocycles. The third-order valence-electron chi connectivity index (χ3n) is 2.19. The minimum absolute atomic E-state index is 0.122. The minimum Gasteiger partial charge on any atom is -0.396 e. The summed E-state index contributed by atoms with van der Waals surface area (Å²) in [5, 5.41) is 12.9. The maximum Gasteiger partial charge on any atom is 0.149 e. The van der Waals surface area contributed by atoms with Gasteiger partial charge < -0.3 is 16.2 Å². The first kappa shape index (κ1) is 12.8. The van der Waals surface area contributed by atoms with Crippen molar-refractivity contribution in [3.8, 4) is 0 Å². The number of nitrogen functional groups attached to an aromatic ring is 1. The molecule has 1 aromatic rings. The van der Waals surface area contributed by atoms with Gasteiger partial charge in [0.2, 0.25) is 0 Å². The zero-order chi connectivity index (χ0) is 12.2. The SMILES string of the molecule is CC(C)(C)CC(O)CNc1ncccc1N. The molecule has 0 aliphatic carbocycles. The van der Waals surface area contributed by atoms with Gasteiger partial charge in [-0.15, -0.1) is 0 Å². The molecular weight excluding hydrogens is 202 g/mol. The number of hydrogen-bond acceptors (Lipinski definition) is 4. The van der Waals surface area contributed by atoms with E-state index in [0.717, 1.165) is 6.42 Å². The Morgan fingerprint density at radius 1 is 1.50 bits per heavy atom. The summed E-state index contributed by atoms with van der Waals surface area (Å²) in [6, 6.07) is 3.57. The van der Waals surface area contributed by atoms with Crippen LogP contribution in [0.3, 0.4) is 0 Å². The van der Waals surface area contributed by atoms with E-state index in [-0.39, 0.29) is 11.5 Å². The molecule has 1 aromatic heterocycles. The Morgan fingerprint density at radius 3 is 2.75 bits per heavy atom. The summed E-state index contributed by atoms with van der Waals surface area (Å²) in [4.78, 5) is 4.10. The van der Waals surface area contributed by atoms with Gasteiger partial charge in [0.1, 0.15) is 5.82 Å². The van der Waals surface area contributed by atoms with Crippen LogP contribution in [-0.4, -0.2) is 22.7 Å². The second-order valence-corrected chi connectivity index (χ2v) is 5.24. The fourth-order valence-corrected chi connectivity index (χ4v) is 1.56. The van der Waals surface area contributed by atoms with Gasteiger partial charge in [-0.05, 0) is 24.0 Å². The van der Waals surface area contributed by atoms with Crippen LogP contribution in [0.4, 0.5) is 11.5 Å². The van der Waals surface area contributed by atoms with Crippen LogP contribution in [0.1, 0.15) is 27.2 Å². The minimum atomic E-state index is -0.388. The first-order chi connectivity index (χ1) is 7.38. The molecule has 0 amide bonds. The summed E-state index contributed by atoms with van der Waals surface area (Å²) in [5.41, 5.74) is 6.45. The van der Waals surface area contributed by atoms with E-state index in [4.69, 9.17) is 5.73 Å². The van der Waals surface area contributed by atoms with E-state index in [2.05, 4.69) is 31.1 Å². The number of pyridine rings is 1. The number of aliphatic hydroxyl groups excluding tert-OH is 1. The molecular formula is C12H21N3O. The lowest BCUT2D eigenvalue weighted by Gasteiger charge is -2.22. The lowest BCUT2D eigenvalue weighted by Crippen LogP contribution is -2.25. The standard InChI is InChI=1S/C12H21N3O/c1-12(2,3)7-9(16)8-15-11-10(13)5-4-6-14-11/h4-6,9,16H,7-8,13H2,1-3H3,(H,14,15). The molecule has 4 heteroatoms. The van der Waals surface area contributed by atoms with Crippen LogP contribution in [0.2, 0.25) is 0 Å². The van der Waals surface area contributed by atoms with E-state index >= 15 is 0 Å². The van der Waals surface area contributed by atoms with E-state index < -0.39 is 0 Å². The number of nitrogens with two attached hydrogens (primary N) is 1. The van der Waals surface area contributed by atoms with Gasteiger partial charge in [0.05, 0.1) is 11.8 Å². The Morgan fingerprint density at radius 2 is 2.19 bits per heavy atom. The van der Waals surface area contributed by atoms with Crippen molar-refractivity contribution in [1.29, 1.82) is 0 Å². The molecule has 1 heterocycles. The summed E-state index contributed by atoms with van der Waals surface area (Å²) < 4.78 is 0. The van der Waals surface area contributed by atoms with Gasteiger partial charge in [0.25, 0.3) is 0 Å². The highest BCUT2D eigenvalue weighted by Crippen LogP contribution is 2.21. The average molecular weight is 223 g/mol. The van der Waals surface area contributed by atoms with Crippen LogP contribution in [0.25, 0.3) is 0 Å². The van der Waals surface area contributed by atoms with Crippen molar-refractivity contribution in [2.24, 2.45) is 5.41 Å². The van der Waals surface area contributed by atoms with Crippen LogP contribution in [0, 0.1) is 5.41 Å². The van der Waals surface area contributed by atoms with Crippen molar-refractivity contribution in [2.45, 2.75) is 33.3 Å². The van der Waals surface area contributed by atoms with E-state index in [9.17, 15) is 5.11 Å². The molecule has 0 radical (unpaired) electrons. The van der Waals surface area contributed by atoms with Crippen molar-refractivity contribution in [1.82, 2.24) is 4.98 Å². The van der Waals surface area contributed by atoms with Gasteiger partial charge in [0.15, 0.2) is 0 Å². The highest BCUT2D eigenvalue weighted by Gasteiger charge is 2.16. The maximum atomic E-state index is 9.81. The number of aliphatic hydroxyl groups is 1. The highest BCUT2D eigenvalue weighted by atomic mass is 16.3. The molecule has 16 heavy (non-hydrogen) atoms. The zero-order valence-corrected chi connectivity index (χ0v) is 10.2. The third kappa shape index (κ3) is 4.49. The van der Waals surface area contributed by atoms with Crippen LogP contribution < -0.4 is 11.1 Å². The van der Waals surface area contributed by atoms with E-state index in [1.807, 2.05) is 0 Å². The van der Waals surface area contributed by atoms with Crippen LogP contribution in [0.15, 0.2) is 18.3 Å². The first-order valence-electron chi connectivity index (χ1n) is 5.51. The molecule has 1 unspecified atom stereocenters. The molecule has 1 atom stereocenters. The number of nitrogens with one attached hydrogen (secondary N) is 1. The topological polar surface area (TPSA) is 71.2 Å². The van der Waals surface area contributed by atoms with Crippen molar-refractivity contribution >= 4 is 11.5 Å². The Hall–Kier alpha value is -1.29. The molecule has 4 nitrogen and oxygen atoms in total. The van der Waals surface area contributed by atoms with Gasteiger partial charge in [-0.1, -0.05) is 20.8 Å². The molecule has 0 aromatic carbocycles. The van der Waals surface area contributed by atoms with Crippen LogP contribution >= 0.6 is 0 Å². The number of anilines is 2. The molecule has 0 fully saturated rings. The summed E-state index contributed by atoms with van der Waals surface area (Å²) in [5.74, 6) is 0.635. The molecule has 90 valence electrons. The number of rotatable bonds is 4. The lowest BCUT2D eigenvalue weighted by molar-refractivity contribution is 0.132. The van der Waals surface area contributed by atoms with Crippen molar-refractivity contribution in [3.05, 3.63) is 18.3 Å². The largest absolute Gasteiger partial charge is 0.396 e. The van der Waals surface area contributed by atoms with E-state index in [1.54, 1.807) is 18.3 Å².